The second-order valence-electron chi connectivity index (χ2n) is 3.02. The number of ether oxygens (including phenoxy) is 2. The Morgan fingerprint density at radius 1 is 1.15 bits per heavy atom. The van der Waals surface area contributed by atoms with Gasteiger partial charge in [0.25, 0.3) is 0 Å². The molecule has 0 aromatic carbocycles. The molecule has 0 heterocycles. The molecule has 3 heteroatoms. The summed E-state index contributed by atoms with van der Waals surface area (Å²) in [7, 11) is 0. The predicted molar refractivity (Wildman–Crippen MR) is 52.6 cm³/mol. The maximum Gasteiger partial charge on any atom is 0.183 e. The molecule has 0 aliphatic heterocycles. The maximum atomic E-state index is 9.50. The minimum Gasteiger partial charge on any atom is -0.388 e. The lowest BCUT2D eigenvalue weighted by Crippen LogP contribution is -2.31. The molecule has 0 bridgehead atoms. The van der Waals surface area contributed by atoms with Gasteiger partial charge in [0.2, 0.25) is 0 Å². The van der Waals surface area contributed by atoms with E-state index >= 15 is 0 Å². The third-order valence-corrected chi connectivity index (χ3v) is 1.84. The summed E-state index contributed by atoms with van der Waals surface area (Å²) in [6.45, 7) is 7.17. The Hall–Kier alpha value is -0.120. The molecule has 0 rings (SSSR count). The molecule has 0 aliphatic rings. The Balaban J connectivity index is 3.65. The third kappa shape index (κ3) is 6.02. The second-order valence-corrected chi connectivity index (χ2v) is 3.02. The molecule has 0 fully saturated rings. The molecule has 0 saturated heterocycles. The van der Waals surface area contributed by atoms with E-state index in [2.05, 4.69) is 6.92 Å². The van der Waals surface area contributed by atoms with Crippen LogP contribution in [0.2, 0.25) is 0 Å². The first kappa shape index (κ1) is 12.9. The first-order valence-corrected chi connectivity index (χ1v) is 5.17. The number of aliphatic hydroxyl groups is 1. The van der Waals surface area contributed by atoms with Gasteiger partial charge in [-0.05, 0) is 19.8 Å². The Morgan fingerprint density at radius 2 is 1.85 bits per heavy atom. The number of aliphatic hydroxyl groups excluding tert-OH is 1. The van der Waals surface area contributed by atoms with E-state index in [1.807, 2.05) is 13.8 Å². The smallest absolute Gasteiger partial charge is 0.183 e. The van der Waals surface area contributed by atoms with Gasteiger partial charge >= 0.3 is 0 Å². The Labute approximate surface area is 81.0 Å². The third-order valence-electron chi connectivity index (χ3n) is 1.84. The highest BCUT2D eigenvalue weighted by Crippen LogP contribution is 2.06. The summed E-state index contributed by atoms with van der Waals surface area (Å²) in [5.74, 6) is 0. The summed E-state index contributed by atoms with van der Waals surface area (Å²) < 4.78 is 10.7. The normalized spacial score (nSPS) is 15.7. The van der Waals surface area contributed by atoms with Gasteiger partial charge in [-0.25, -0.2) is 0 Å². The van der Waals surface area contributed by atoms with E-state index in [-0.39, 0.29) is 0 Å². The summed E-state index contributed by atoms with van der Waals surface area (Å²) in [4.78, 5) is 0. The van der Waals surface area contributed by atoms with E-state index in [0.29, 0.717) is 19.6 Å². The first-order chi connectivity index (χ1) is 6.26. The topological polar surface area (TPSA) is 38.7 Å². The average molecular weight is 190 g/mol. The van der Waals surface area contributed by atoms with Crippen LogP contribution in [-0.2, 0) is 9.47 Å². The molecule has 1 N–H and O–H groups in total. The summed E-state index contributed by atoms with van der Waals surface area (Å²) >= 11 is 0. The SMILES string of the molecule is CCCCOC(OCC)C(O)CC. The van der Waals surface area contributed by atoms with E-state index in [1.165, 1.54) is 0 Å². The van der Waals surface area contributed by atoms with Gasteiger partial charge in [-0.2, -0.15) is 0 Å². The molecule has 0 aromatic heterocycles. The van der Waals surface area contributed by atoms with Crippen LogP contribution in [0.25, 0.3) is 0 Å². The summed E-state index contributed by atoms with van der Waals surface area (Å²) in [5, 5.41) is 9.50. The van der Waals surface area contributed by atoms with Gasteiger partial charge in [-0.15, -0.1) is 0 Å². The first-order valence-electron chi connectivity index (χ1n) is 5.17. The molecule has 0 aromatic rings. The fourth-order valence-electron chi connectivity index (χ4n) is 0.971. The number of rotatable bonds is 8. The number of hydrogen-bond donors (Lipinski definition) is 1. The van der Waals surface area contributed by atoms with Gasteiger partial charge in [0.1, 0.15) is 6.10 Å². The van der Waals surface area contributed by atoms with Crippen molar-refractivity contribution in [1.29, 1.82) is 0 Å². The summed E-state index contributed by atoms with van der Waals surface area (Å²) in [6, 6.07) is 0. The van der Waals surface area contributed by atoms with Crippen LogP contribution in [0.4, 0.5) is 0 Å². The lowest BCUT2D eigenvalue weighted by molar-refractivity contribution is -0.192. The molecule has 0 saturated carbocycles. The van der Waals surface area contributed by atoms with Crippen molar-refractivity contribution in [3.05, 3.63) is 0 Å². The molecule has 2 unspecified atom stereocenters. The van der Waals surface area contributed by atoms with E-state index in [4.69, 9.17) is 9.47 Å². The van der Waals surface area contributed by atoms with Gasteiger partial charge in [-0.3, -0.25) is 0 Å². The molecular weight excluding hydrogens is 168 g/mol. The highest BCUT2D eigenvalue weighted by atomic mass is 16.7. The van der Waals surface area contributed by atoms with Crippen LogP contribution in [0.15, 0.2) is 0 Å². The van der Waals surface area contributed by atoms with Gasteiger partial charge in [0.15, 0.2) is 6.29 Å². The average Bonchev–Trinajstić information content (AvgIpc) is 2.16. The van der Waals surface area contributed by atoms with Crippen LogP contribution in [0, 0.1) is 0 Å². The van der Waals surface area contributed by atoms with Crippen LogP contribution in [-0.4, -0.2) is 30.7 Å². The zero-order chi connectivity index (χ0) is 10.1. The van der Waals surface area contributed by atoms with Crippen molar-refractivity contribution < 1.29 is 14.6 Å². The quantitative estimate of drug-likeness (QED) is 0.469. The van der Waals surface area contributed by atoms with Gasteiger partial charge < -0.3 is 14.6 Å². The highest BCUT2D eigenvalue weighted by molar-refractivity contribution is 4.57. The van der Waals surface area contributed by atoms with Crippen LogP contribution in [0.5, 0.6) is 0 Å². The monoisotopic (exact) mass is 190 g/mol. The molecule has 13 heavy (non-hydrogen) atoms. The Kier molecular flexibility index (Phi) is 8.40. The predicted octanol–water partition coefficient (Wildman–Crippen LogP) is 1.94. The largest absolute Gasteiger partial charge is 0.388 e. The van der Waals surface area contributed by atoms with Crippen LogP contribution >= 0.6 is 0 Å². The van der Waals surface area contributed by atoms with Crippen LogP contribution in [0.3, 0.4) is 0 Å². The van der Waals surface area contributed by atoms with Gasteiger partial charge in [-0.1, -0.05) is 20.3 Å². The van der Waals surface area contributed by atoms with Crippen molar-refractivity contribution >= 4 is 0 Å². The Bertz CT molecular complexity index is 106. The van der Waals surface area contributed by atoms with Crippen LogP contribution < -0.4 is 0 Å². The standard InChI is InChI=1S/C10H22O3/c1-4-7-8-13-10(12-6-3)9(11)5-2/h9-11H,4-8H2,1-3H3. The minimum absolute atomic E-state index is 0.443. The van der Waals surface area contributed by atoms with E-state index < -0.39 is 12.4 Å². The number of hydrogen-bond acceptors (Lipinski definition) is 3. The maximum absolute atomic E-state index is 9.50. The van der Waals surface area contributed by atoms with Gasteiger partial charge in [0.05, 0.1) is 0 Å². The lowest BCUT2D eigenvalue weighted by Gasteiger charge is -2.21. The minimum atomic E-state index is -0.503. The molecule has 3 nitrogen and oxygen atoms in total. The van der Waals surface area contributed by atoms with Crippen molar-refractivity contribution in [1.82, 2.24) is 0 Å². The second kappa shape index (κ2) is 8.48. The highest BCUT2D eigenvalue weighted by Gasteiger charge is 2.17. The fourth-order valence-corrected chi connectivity index (χ4v) is 0.971. The summed E-state index contributed by atoms with van der Waals surface area (Å²) in [6.07, 6.45) is 1.83. The lowest BCUT2D eigenvalue weighted by atomic mass is 10.2. The zero-order valence-electron chi connectivity index (χ0n) is 8.95. The molecule has 80 valence electrons. The van der Waals surface area contributed by atoms with E-state index in [1.54, 1.807) is 0 Å². The van der Waals surface area contributed by atoms with Crippen molar-refractivity contribution in [2.75, 3.05) is 13.2 Å². The van der Waals surface area contributed by atoms with Crippen LogP contribution in [0.1, 0.15) is 40.0 Å². The van der Waals surface area contributed by atoms with E-state index in [9.17, 15) is 5.11 Å². The zero-order valence-corrected chi connectivity index (χ0v) is 8.95. The molecular formula is C10H22O3. The molecule has 0 radical (unpaired) electrons. The number of unbranched alkanes of at least 4 members (excludes halogenated alkanes) is 1. The van der Waals surface area contributed by atoms with Gasteiger partial charge in [0, 0.05) is 13.2 Å². The summed E-state index contributed by atoms with van der Waals surface area (Å²) in [5.41, 5.74) is 0. The van der Waals surface area contributed by atoms with Crippen molar-refractivity contribution in [2.45, 2.75) is 52.4 Å². The van der Waals surface area contributed by atoms with Crippen molar-refractivity contribution in [3.63, 3.8) is 0 Å². The molecule has 2 atom stereocenters. The van der Waals surface area contributed by atoms with E-state index in [0.717, 1.165) is 12.8 Å². The van der Waals surface area contributed by atoms with Crippen molar-refractivity contribution in [3.8, 4) is 0 Å². The molecule has 0 spiro atoms. The Morgan fingerprint density at radius 3 is 2.31 bits per heavy atom. The molecule has 0 amide bonds. The van der Waals surface area contributed by atoms with Crippen molar-refractivity contribution in [2.24, 2.45) is 0 Å². The molecule has 0 aliphatic carbocycles. The fraction of sp³-hybridized carbons (Fsp3) is 1.00.